The van der Waals surface area contributed by atoms with Gasteiger partial charge in [0.15, 0.2) is 23.0 Å². The zero-order valence-electron chi connectivity index (χ0n) is 15.8. The lowest BCUT2D eigenvalue weighted by Crippen LogP contribution is -1.99. The highest BCUT2D eigenvalue weighted by Gasteiger charge is 2.13. The van der Waals surface area contributed by atoms with Gasteiger partial charge in [-0.2, -0.15) is 5.26 Å². The number of ether oxygens (including phenoxy) is 4. The van der Waals surface area contributed by atoms with Crippen LogP contribution in [0.25, 0.3) is 11.6 Å². The molecule has 2 aromatic rings. The molecule has 0 aromatic heterocycles. The second-order valence-corrected chi connectivity index (χ2v) is 6.03. The van der Waals surface area contributed by atoms with Crippen LogP contribution in [0, 0.1) is 11.3 Å². The molecule has 0 amide bonds. The van der Waals surface area contributed by atoms with Gasteiger partial charge in [-0.05, 0) is 54.0 Å². The summed E-state index contributed by atoms with van der Waals surface area (Å²) in [6.07, 6.45) is 2.60. The summed E-state index contributed by atoms with van der Waals surface area (Å²) in [6, 6.07) is 11.1. The second kappa shape index (κ2) is 9.75. The molecule has 0 aliphatic carbocycles. The molecule has 5 nitrogen and oxygen atoms in total. The Bertz CT molecular complexity index is 871. The van der Waals surface area contributed by atoms with Crippen LogP contribution in [0.3, 0.4) is 0 Å². The molecule has 2 rings (SSSR count). The minimum absolute atomic E-state index is 0.429. The average molecular weight is 388 g/mol. The van der Waals surface area contributed by atoms with Gasteiger partial charge < -0.3 is 18.9 Å². The first-order chi connectivity index (χ1) is 13.1. The maximum atomic E-state index is 9.62. The third-order valence-electron chi connectivity index (χ3n) is 3.83. The van der Waals surface area contributed by atoms with Crippen LogP contribution in [0.5, 0.6) is 23.0 Å². The molecule has 6 heteroatoms. The molecule has 0 aliphatic rings. The van der Waals surface area contributed by atoms with Crippen molar-refractivity contribution in [3.05, 3.63) is 46.5 Å². The van der Waals surface area contributed by atoms with E-state index in [1.165, 1.54) is 0 Å². The smallest absolute Gasteiger partial charge is 0.179 e. The summed E-state index contributed by atoms with van der Waals surface area (Å²) < 4.78 is 21.6. The van der Waals surface area contributed by atoms with Crippen molar-refractivity contribution >= 4 is 23.3 Å². The van der Waals surface area contributed by atoms with Crippen molar-refractivity contribution < 1.29 is 18.9 Å². The van der Waals surface area contributed by atoms with Gasteiger partial charge in [0, 0.05) is 0 Å². The number of methoxy groups -OCH3 is 3. The van der Waals surface area contributed by atoms with Gasteiger partial charge in [-0.3, -0.25) is 0 Å². The molecule has 2 aromatic carbocycles. The molecule has 0 radical (unpaired) electrons. The van der Waals surface area contributed by atoms with E-state index in [2.05, 4.69) is 6.07 Å². The Labute approximate surface area is 164 Å². The molecule has 0 spiro atoms. The van der Waals surface area contributed by atoms with E-state index >= 15 is 0 Å². The molecule has 0 unspecified atom stereocenters. The number of allylic oxidation sites excluding steroid dienone is 1. The Hall–Kier alpha value is -2.84. The van der Waals surface area contributed by atoms with E-state index < -0.39 is 0 Å². The molecule has 0 heterocycles. The van der Waals surface area contributed by atoms with Crippen LogP contribution < -0.4 is 18.9 Å². The standard InChI is InChI=1S/C21H22ClNO4/c1-5-8-27-21-17(22)10-14(11-20(21)26-4)9-16(13-23)15-6-7-18(24-2)19(12-15)25-3/h6-7,9-12H,5,8H2,1-4H3/b16-9+. The van der Waals surface area contributed by atoms with Crippen molar-refractivity contribution in [2.45, 2.75) is 13.3 Å². The number of hydrogen-bond donors (Lipinski definition) is 0. The Balaban J connectivity index is 2.46. The van der Waals surface area contributed by atoms with Crippen LogP contribution in [0.15, 0.2) is 30.3 Å². The molecular formula is C21H22ClNO4. The van der Waals surface area contributed by atoms with Crippen molar-refractivity contribution in [3.8, 4) is 29.1 Å². The maximum Gasteiger partial charge on any atom is 0.179 e. The topological polar surface area (TPSA) is 60.7 Å². The highest BCUT2D eigenvalue weighted by Crippen LogP contribution is 2.38. The van der Waals surface area contributed by atoms with Gasteiger partial charge in [-0.1, -0.05) is 18.5 Å². The summed E-state index contributed by atoms with van der Waals surface area (Å²) in [5, 5.41) is 10.0. The van der Waals surface area contributed by atoms with Gasteiger partial charge in [0.1, 0.15) is 0 Å². The van der Waals surface area contributed by atoms with Crippen molar-refractivity contribution in [1.29, 1.82) is 5.26 Å². The molecule has 0 atom stereocenters. The number of benzene rings is 2. The minimum atomic E-state index is 0.429. The van der Waals surface area contributed by atoms with Gasteiger partial charge >= 0.3 is 0 Å². The lowest BCUT2D eigenvalue weighted by Gasteiger charge is -2.13. The van der Waals surface area contributed by atoms with Crippen molar-refractivity contribution in [2.24, 2.45) is 0 Å². The third-order valence-corrected chi connectivity index (χ3v) is 4.11. The minimum Gasteiger partial charge on any atom is -0.493 e. The van der Waals surface area contributed by atoms with E-state index in [4.69, 9.17) is 30.5 Å². The summed E-state index contributed by atoms with van der Waals surface area (Å²) in [4.78, 5) is 0. The summed E-state index contributed by atoms with van der Waals surface area (Å²) in [7, 11) is 4.67. The van der Waals surface area contributed by atoms with Crippen LogP contribution in [-0.2, 0) is 0 Å². The van der Waals surface area contributed by atoms with Crippen LogP contribution in [0.2, 0.25) is 5.02 Å². The highest BCUT2D eigenvalue weighted by molar-refractivity contribution is 6.32. The van der Waals surface area contributed by atoms with Crippen LogP contribution in [0.1, 0.15) is 24.5 Å². The zero-order valence-corrected chi connectivity index (χ0v) is 16.6. The number of hydrogen-bond acceptors (Lipinski definition) is 5. The average Bonchev–Trinajstić information content (AvgIpc) is 2.70. The van der Waals surface area contributed by atoms with Gasteiger partial charge in [0.05, 0.1) is 44.6 Å². The summed E-state index contributed by atoms with van der Waals surface area (Å²) >= 11 is 6.36. The van der Waals surface area contributed by atoms with Crippen molar-refractivity contribution in [2.75, 3.05) is 27.9 Å². The van der Waals surface area contributed by atoms with Gasteiger partial charge in [0.2, 0.25) is 0 Å². The van der Waals surface area contributed by atoms with E-state index in [1.807, 2.05) is 6.92 Å². The first kappa shape index (κ1) is 20.5. The zero-order chi connectivity index (χ0) is 19.8. The quantitative estimate of drug-likeness (QED) is 0.459. The number of rotatable bonds is 8. The maximum absolute atomic E-state index is 9.62. The summed E-state index contributed by atoms with van der Waals surface area (Å²) in [6.45, 7) is 2.56. The second-order valence-electron chi connectivity index (χ2n) is 5.62. The molecule has 0 saturated heterocycles. The van der Waals surface area contributed by atoms with E-state index in [0.29, 0.717) is 45.8 Å². The molecule has 0 bridgehead atoms. The SMILES string of the molecule is CCCOc1c(Cl)cc(/C=C(\C#N)c2ccc(OC)c(OC)c2)cc1OC. The van der Waals surface area contributed by atoms with E-state index in [-0.39, 0.29) is 0 Å². The lowest BCUT2D eigenvalue weighted by atomic mass is 10.0. The van der Waals surface area contributed by atoms with Crippen LogP contribution in [0.4, 0.5) is 0 Å². The largest absolute Gasteiger partial charge is 0.493 e. The summed E-state index contributed by atoms with van der Waals surface area (Å²) in [5.41, 5.74) is 1.89. The summed E-state index contributed by atoms with van der Waals surface area (Å²) in [5.74, 6) is 2.17. The Morgan fingerprint density at radius 1 is 1.04 bits per heavy atom. The highest BCUT2D eigenvalue weighted by atomic mass is 35.5. The molecule has 0 saturated carbocycles. The van der Waals surface area contributed by atoms with Crippen LogP contribution >= 0.6 is 11.6 Å². The first-order valence-corrected chi connectivity index (χ1v) is 8.80. The molecule has 0 N–H and O–H groups in total. The Morgan fingerprint density at radius 3 is 2.33 bits per heavy atom. The normalized spacial score (nSPS) is 10.9. The van der Waals surface area contributed by atoms with Gasteiger partial charge in [0.25, 0.3) is 0 Å². The fraction of sp³-hybridized carbons (Fsp3) is 0.286. The number of halogens is 1. The van der Waals surface area contributed by atoms with E-state index in [0.717, 1.165) is 12.0 Å². The van der Waals surface area contributed by atoms with Crippen LogP contribution in [-0.4, -0.2) is 27.9 Å². The number of nitriles is 1. The predicted molar refractivity (Wildman–Crippen MR) is 107 cm³/mol. The van der Waals surface area contributed by atoms with Crippen molar-refractivity contribution in [1.82, 2.24) is 0 Å². The van der Waals surface area contributed by atoms with Gasteiger partial charge in [-0.15, -0.1) is 0 Å². The Kier molecular flexibility index (Phi) is 7.39. The third kappa shape index (κ3) is 4.87. The van der Waals surface area contributed by atoms with E-state index in [9.17, 15) is 5.26 Å². The van der Waals surface area contributed by atoms with E-state index in [1.54, 1.807) is 57.7 Å². The Morgan fingerprint density at radius 2 is 1.74 bits per heavy atom. The fourth-order valence-corrected chi connectivity index (χ4v) is 2.79. The number of nitrogens with zero attached hydrogens (tertiary/aromatic N) is 1. The lowest BCUT2D eigenvalue weighted by molar-refractivity contribution is 0.294. The van der Waals surface area contributed by atoms with Gasteiger partial charge in [-0.25, -0.2) is 0 Å². The monoisotopic (exact) mass is 387 g/mol. The predicted octanol–water partition coefficient (Wildman–Crippen LogP) is 5.22. The molecule has 0 fully saturated rings. The van der Waals surface area contributed by atoms with Crippen molar-refractivity contribution in [3.63, 3.8) is 0 Å². The first-order valence-electron chi connectivity index (χ1n) is 8.42. The molecule has 27 heavy (non-hydrogen) atoms. The molecule has 0 aliphatic heterocycles. The fourth-order valence-electron chi connectivity index (χ4n) is 2.52. The molecular weight excluding hydrogens is 366 g/mol. The molecule has 142 valence electrons.